The molecule has 0 radical (unpaired) electrons. The Hall–Kier alpha value is -2.93. The van der Waals surface area contributed by atoms with Crippen molar-refractivity contribution >= 4 is 5.82 Å². The average molecular weight is 424 g/mol. The van der Waals surface area contributed by atoms with Crippen LogP contribution in [0.5, 0.6) is 5.75 Å². The summed E-state index contributed by atoms with van der Waals surface area (Å²) in [4.78, 5) is 3.99. The molecule has 6 nitrogen and oxygen atoms in total. The smallest absolute Gasteiger partial charge is 0.166 e. The van der Waals surface area contributed by atoms with Gasteiger partial charge in [0.15, 0.2) is 11.6 Å². The molecule has 0 saturated carbocycles. The first-order chi connectivity index (χ1) is 19.8. The monoisotopic (exact) mass is 423 g/mol. The van der Waals surface area contributed by atoms with Crippen molar-refractivity contribution in [1.29, 1.82) is 0 Å². The van der Waals surface area contributed by atoms with Gasteiger partial charge in [0.25, 0.3) is 0 Å². The van der Waals surface area contributed by atoms with Crippen molar-refractivity contribution in [3.8, 4) is 16.9 Å². The minimum Gasteiger partial charge on any atom is -0.482 e. The number of anilines is 1. The number of hydrogen-bond donors (Lipinski definition) is 2. The van der Waals surface area contributed by atoms with Crippen LogP contribution < -0.4 is 15.8 Å². The van der Waals surface area contributed by atoms with Crippen LogP contribution in [-0.4, -0.2) is 27.8 Å². The third-order valence-electron chi connectivity index (χ3n) is 4.59. The van der Waals surface area contributed by atoms with Crippen LogP contribution in [0.2, 0.25) is 0 Å². The van der Waals surface area contributed by atoms with E-state index in [0.29, 0.717) is 6.07 Å². The minimum atomic E-state index is -3.26. The van der Waals surface area contributed by atoms with Gasteiger partial charge < -0.3 is 15.8 Å². The zero-order valence-corrected chi connectivity index (χ0v) is 15.7. The molecule has 0 amide bonds. The van der Waals surface area contributed by atoms with E-state index in [0.717, 1.165) is 10.7 Å². The summed E-state index contributed by atoms with van der Waals surface area (Å²) in [6.07, 6.45) is 0.640. The number of aromatic nitrogens is 3. The molecule has 4 rings (SSSR count). The molecule has 1 saturated heterocycles. The van der Waals surface area contributed by atoms with Gasteiger partial charge in [-0.15, -0.1) is 0 Å². The topological polar surface area (TPSA) is 78.0 Å². The second-order valence-electron chi connectivity index (χ2n) is 6.56. The zero-order valence-electron chi connectivity index (χ0n) is 29.7. The van der Waals surface area contributed by atoms with Gasteiger partial charge in [0.1, 0.15) is 11.9 Å². The molecule has 0 spiro atoms. The predicted molar refractivity (Wildman–Crippen MR) is 116 cm³/mol. The molecular formula is C23H28FN5O. The summed E-state index contributed by atoms with van der Waals surface area (Å²) in [5.41, 5.74) is 3.66. The average Bonchev–Trinajstić information content (AvgIpc) is 3.30. The van der Waals surface area contributed by atoms with Crippen LogP contribution >= 0.6 is 0 Å². The molecule has 1 fully saturated rings. The van der Waals surface area contributed by atoms with Crippen LogP contribution in [-0.2, 0) is 0 Å². The van der Waals surface area contributed by atoms with Crippen LogP contribution in [0, 0.1) is 19.5 Å². The maximum absolute atomic E-state index is 15.0. The lowest BCUT2D eigenvalue weighted by atomic mass is 9.98. The number of aryl methyl sites for hydroxylation is 1. The van der Waals surface area contributed by atoms with E-state index in [1.165, 1.54) is 24.7 Å². The summed E-state index contributed by atoms with van der Waals surface area (Å²) >= 11 is 0. The highest BCUT2D eigenvalue weighted by atomic mass is 19.1. The van der Waals surface area contributed by atoms with Gasteiger partial charge in [-0.25, -0.2) is 9.37 Å². The molecule has 158 valence electrons. The highest BCUT2D eigenvalue weighted by Gasteiger charge is 2.19. The summed E-state index contributed by atoms with van der Waals surface area (Å²) in [5, 5.41) is 6.33. The van der Waals surface area contributed by atoms with Crippen molar-refractivity contribution in [2.24, 2.45) is 0 Å². The normalized spacial score (nSPS) is 28.4. The highest BCUT2D eigenvalue weighted by Crippen LogP contribution is 2.33. The van der Waals surface area contributed by atoms with E-state index >= 15 is 0 Å². The number of nitrogens with one attached hydrogen (secondary N) is 1. The number of nitrogens with zero attached hydrogens (tertiary/aromatic N) is 3. The first kappa shape index (κ1) is 9.47. The number of hydrogen-bond acceptors (Lipinski definition) is 5. The van der Waals surface area contributed by atoms with Crippen molar-refractivity contribution in [2.45, 2.75) is 45.5 Å². The summed E-state index contributed by atoms with van der Waals surface area (Å²) < 4.78 is 134. The Morgan fingerprint density at radius 3 is 2.97 bits per heavy atom. The molecule has 3 aromatic rings. The van der Waals surface area contributed by atoms with Crippen molar-refractivity contribution in [3.63, 3.8) is 0 Å². The molecule has 0 aliphatic carbocycles. The molecule has 0 bridgehead atoms. The van der Waals surface area contributed by atoms with Gasteiger partial charge in [0, 0.05) is 46.9 Å². The fourth-order valence-corrected chi connectivity index (χ4v) is 2.98. The Kier molecular flexibility index (Phi) is 2.66. The summed E-state index contributed by atoms with van der Waals surface area (Å²) in [5.74, 6) is -2.13. The molecule has 1 atom stereocenters. The Labute approximate surface area is 195 Å². The number of benzene rings is 1. The van der Waals surface area contributed by atoms with Crippen LogP contribution in [0.15, 0.2) is 36.8 Å². The molecule has 3 heterocycles. The molecule has 1 aliphatic heterocycles. The first-order valence-electron chi connectivity index (χ1n) is 15.9. The van der Waals surface area contributed by atoms with Crippen LogP contribution in [0.3, 0.4) is 0 Å². The number of nitrogens with two attached hydrogens (primary N) is 1. The Morgan fingerprint density at radius 2 is 2.20 bits per heavy atom. The second-order valence-corrected chi connectivity index (χ2v) is 6.56. The molecule has 2 aromatic heterocycles. The van der Waals surface area contributed by atoms with Gasteiger partial charge in [-0.05, 0) is 69.7 Å². The predicted octanol–water partition coefficient (Wildman–Crippen LogP) is 4.35. The number of nitrogen functional groups attached to an aromatic ring is 1. The quantitative estimate of drug-likeness (QED) is 0.638. The SMILES string of the molecule is [2H]C1([2H])CC([2H])(n2cc(-c3cnc(N)c(O[C@@H](c4c(C([2H])([2H])[2H])ccc(F)c4C([2H])([2H])[2H])C([2H])([2H])[2H])c3)cn2)CC([2H])([2H])N1. The Bertz CT molecular complexity index is 1530. The number of halogens is 1. The van der Waals surface area contributed by atoms with E-state index in [1.807, 2.05) is 0 Å². The van der Waals surface area contributed by atoms with Crippen molar-refractivity contribution in [1.82, 2.24) is 20.1 Å². The number of piperidine rings is 1. The molecular weight excluding hydrogens is 381 g/mol. The number of pyridine rings is 1. The first-order valence-corrected chi connectivity index (χ1v) is 8.93. The van der Waals surface area contributed by atoms with Gasteiger partial charge in [0.05, 0.1) is 13.6 Å². The maximum Gasteiger partial charge on any atom is 0.166 e. The Morgan fingerprint density at radius 1 is 1.33 bits per heavy atom. The summed E-state index contributed by atoms with van der Waals surface area (Å²) in [6.45, 7) is -14.0. The number of rotatable bonds is 5. The van der Waals surface area contributed by atoms with E-state index in [9.17, 15) is 4.39 Å². The fraction of sp³-hybridized carbons (Fsp3) is 0.391. The molecule has 1 aliphatic rings. The second kappa shape index (κ2) is 8.44. The van der Waals surface area contributed by atoms with Crippen LogP contribution in [0.25, 0.3) is 11.1 Å². The van der Waals surface area contributed by atoms with E-state index in [-0.39, 0.29) is 16.9 Å². The van der Waals surface area contributed by atoms with Gasteiger partial charge >= 0.3 is 0 Å². The maximum atomic E-state index is 15.0. The largest absolute Gasteiger partial charge is 0.482 e. The van der Waals surface area contributed by atoms with E-state index in [2.05, 4.69) is 15.4 Å². The zero-order chi connectivity index (χ0) is 33.3. The highest BCUT2D eigenvalue weighted by molar-refractivity contribution is 5.66. The van der Waals surface area contributed by atoms with E-state index in [1.54, 1.807) is 0 Å². The minimum absolute atomic E-state index is 0.194. The van der Waals surface area contributed by atoms with Gasteiger partial charge in [-0.3, -0.25) is 4.68 Å². The van der Waals surface area contributed by atoms with Crippen molar-refractivity contribution in [2.75, 3.05) is 18.7 Å². The Balaban J connectivity index is 1.80. The van der Waals surface area contributed by atoms with Gasteiger partial charge in [0.2, 0.25) is 0 Å². The van der Waals surface area contributed by atoms with Crippen molar-refractivity contribution < 1.29 is 28.3 Å². The number of ether oxygens (including phenoxy) is 1. The summed E-state index contributed by atoms with van der Waals surface area (Å²) in [6, 6.07) is 0.793. The van der Waals surface area contributed by atoms with Gasteiger partial charge in [-0.1, -0.05) is 6.07 Å². The lowest BCUT2D eigenvalue weighted by Gasteiger charge is -2.22. The third-order valence-corrected chi connectivity index (χ3v) is 4.59. The molecule has 1 aromatic carbocycles. The molecule has 7 heteroatoms. The standard InChI is InChI=1S/C23H28FN5O/c1-14-4-5-20(24)15(2)22(14)16(3)30-21-10-17(11-27-23(21)25)18-12-28-29(13-18)19-6-8-26-9-7-19/h4-5,10-13,16,19,26H,6-9H2,1-3H3,(H2,25,27)/t16-/m1/s1/i1D3,2D3,3D3,8D2,9D2,19D. The molecule has 30 heavy (non-hydrogen) atoms. The molecule has 0 unspecified atom stereocenters. The van der Waals surface area contributed by atoms with E-state index in [4.69, 9.17) is 29.7 Å². The lowest BCUT2D eigenvalue weighted by molar-refractivity contribution is 0.225. The lowest BCUT2D eigenvalue weighted by Crippen LogP contribution is -2.29. The molecule has 3 N–H and O–H groups in total. The van der Waals surface area contributed by atoms with Crippen molar-refractivity contribution in [3.05, 3.63) is 59.3 Å². The fourth-order valence-electron chi connectivity index (χ4n) is 2.98. The third kappa shape index (κ3) is 4.03. The summed E-state index contributed by atoms with van der Waals surface area (Å²) in [7, 11) is 0. The van der Waals surface area contributed by atoms with E-state index < -0.39 is 86.8 Å². The van der Waals surface area contributed by atoms with Crippen LogP contribution in [0.4, 0.5) is 10.2 Å². The van der Waals surface area contributed by atoms with Gasteiger partial charge in [-0.2, -0.15) is 5.10 Å². The van der Waals surface area contributed by atoms with Crippen LogP contribution in [0.1, 0.15) is 67.7 Å².